The fourth-order valence-corrected chi connectivity index (χ4v) is 6.22. The molecular weight excluding hydrogens is 574 g/mol. The van der Waals surface area contributed by atoms with E-state index in [4.69, 9.17) is 6.57 Å². The molecule has 5 rings (SSSR count). The second-order valence-corrected chi connectivity index (χ2v) is 12.1. The number of pyridine rings is 1. The molecule has 0 amide bonds. The Balaban J connectivity index is 1.64. The van der Waals surface area contributed by atoms with Gasteiger partial charge in [0.25, 0.3) is 15.6 Å². The normalized spacial score (nSPS) is 17.8. The van der Waals surface area contributed by atoms with Crippen molar-refractivity contribution < 1.29 is 39.9 Å². The van der Waals surface area contributed by atoms with Crippen molar-refractivity contribution >= 4 is 27.2 Å². The third-order valence-electron chi connectivity index (χ3n) is 7.57. The summed E-state index contributed by atoms with van der Waals surface area (Å²) < 4.78 is 110. The first-order chi connectivity index (χ1) is 19.1. The number of aliphatic hydroxyl groups is 1. The topological polar surface area (TPSA) is 86.9 Å². The minimum absolute atomic E-state index is 0.0459. The highest BCUT2D eigenvalue weighted by molar-refractivity contribution is 7.92. The van der Waals surface area contributed by atoms with Gasteiger partial charge < -0.3 is 15.3 Å². The van der Waals surface area contributed by atoms with Gasteiger partial charge in [-0.25, -0.2) is 20.0 Å². The van der Waals surface area contributed by atoms with Gasteiger partial charge in [-0.05, 0) is 54.8 Å². The minimum Gasteiger partial charge on any atom is -0.388 e. The average molecular weight is 597 g/mol. The first-order valence-corrected chi connectivity index (χ1v) is 13.7. The standard InChI is InChI=1S/C27H22F6N4O3S/c1-24(15-38,34-2)18-6-9-20-21(13-18)37(14-16-3-10-22(26(28,29)30)36-23(16)35-20)41(39,40)19-7-4-17(5-8-19)25(11-12-25)27(31,32)33/h3-10,13,38H,11-12,14-15H2,1H3,(H,35,36). The molecule has 0 radical (unpaired) electrons. The van der Waals surface area contributed by atoms with E-state index in [0.29, 0.717) is 0 Å². The molecule has 2 N–H and O–H groups in total. The molecule has 1 aliphatic carbocycles. The molecule has 1 atom stereocenters. The van der Waals surface area contributed by atoms with Crippen molar-refractivity contribution in [3.05, 3.63) is 88.4 Å². The van der Waals surface area contributed by atoms with Gasteiger partial charge in [-0.1, -0.05) is 18.2 Å². The molecule has 2 aliphatic rings. The summed E-state index contributed by atoms with van der Waals surface area (Å²) in [5.74, 6) is -0.238. The van der Waals surface area contributed by atoms with Gasteiger partial charge in [-0.3, -0.25) is 4.31 Å². The smallest absolute Gasteiger partial charge is 0.388 e. The maximum absolute atomic E-state index is 14.0. The zero-order valence-corrected chi connectivity index (χ0v) is 22.1. The number of sulfonamides is 1. The zero-order valence-electron chi connectivity index (χ0n) is 21.3. The second kappa shape index (κ2) is 9.35. The van der Waals surface area contributed by atoms with E-state index in [9.17, 15) is 39.9 Å². The summed E-state index contributed by atoms with van der Waals surface area (Å²) in [4.78, 5) is 6.76. The van der Waals surface area contributed by atoms with Crippen molar-refractivity contribution in [3.63, 3.8) is 0 Å². The molecule has 1 fully saturated rings. The summed E-state index contributed by atoms with van der Waals surface area (Å²) >= 11 is 0. The third-order valence-corrected chi connectivity index (χ3v) is 9.34. The number of hydrogen-bond acceptors (Lipinski definition) is 5. The predicted molar refractivity (Wildman–Crippen MR) is 137 cm³/mol. The largest absolute Gasteiger partial charge is 0.433 e. The van der Waals surface area contributed by atoms with Gasteiger partial charge in [0.15, 0.2) is 0 Å². The molecule has 2 aromatic carbocycles. The number of nitrogens with one attached hydrogen (secondary N) is 1. The van der Waals surface area contributed by atoms with Gasteiger partial charge in [-0.15, -0.1) is 0 Å². The molecule has 216 valence electrons. The van der Waals surface area contributed by atoms with Crippen LogP contribution in [0, 0.1) is 6.57 Å². The number of anilines is 3. The Morgan fingerprint density at radius 3 is 2.24 bits per heavy atom. The fourth-order valence-electron chi connectivity index (χ4n) is 4.77. The van der Waals surface area contributed by atoms with E-state index >= 15 is 0 Å². The molecule has 0 saturated heterocycles. The van der Waals surface area contributed by atoms with E-state index in [1.807, 2.05) is 0 Å². The van der Waals surface area contributed by atoms with Gasteiger partial charge in [0.05, 0.1) is 28.2 Å². The van der Waals surface area contributed by atoms with Crippen LogP contribution in [0.15, 0.2) is 59.5 Å². The Bertz CT molecular complexity index is 1660. The van der Waals surface area contributed by atoms with Crippen molar-refractivity contribution in [1.82, 2.24) is 4.98 Å². The minimum atomic E-state index is -4.77. The Morgan fingerprint density at radius 2 is 1.71 bits per heavy atom. The van der Waals surface area contributed by atoms with Gasteiger partial charge >= 0.3 is 12.4 Å². The fraction of sp³-hybridized carbons (Fsp3) is 0.333. The molecule has 7 nitrogen and oxygen atoms in total. The highest BCUT2D eigenvalue weighted by Gasteiger charge is 2.64. The summed E-state index contributed by atoms with van der Waals surface area (Å²) in [6, 6.07) is 10.3. The van der Waals surface area contributed by atoms with Crippen LogP contribution in [0.5, 0.6) is 0 Å². The lowest BCUT2D eigenvalue weighted by Gasteiger charge is -2.26. The monoisotopic (exact) mass is 596 g/mol. The molecule has 1 unspecified atom stereocenters. The summed E-state index contributed by atoms with van der Waals surface area (Å²) in [7, 11) is -4.51. The zero-order chi connectivity index (χ0) is 30.0. The van der Waals surface area contributed by atoms with E-state index in [0.717, 1.165) is 40.7 Å². The van der Waals surface area contributed by atoms with Crippen LogP contribution in [-0.2, 0) is 33.7 Å². The van der Waals surface area contributed by atoms with Crippen LogP contribution in [0.3, 0.4) is 0 Å². The Hall–Kier alpha value is -3.83. The van der Waals surface area contributed by atoms with Crippen LogP contribution in [0.25, 0.3) is 4.85 Å². The number of alkyl halides is 6. The number of nitrogens with zero attached hydrogens (tertiary/aromatic N) is 3. The summed E-state index contributed by atoms with van der Waals surface area (Å²) in [6.07, 6.45) is -9.47. The quantitative estimate of drug-likeness (QED) is 0.268. The molecule has 0 bridgehead atoms. The van der Waals surface area contributed by atoms with Crippen molar-refractivity contribution in [1.29, 1.82) is 0 Å². The van der Waals surface area contributed by atoms with Crippen LogP contribution >= 0.6 is 0 Å². The van der Waals surface area contributed by atoms with Gasteiger partial charge in [0.2, 0.25) is 0 Å². The van der Waals surface area contributed by atoms with Crippen molar-refractivity contribution in [3.8, 4) is 0 Å². The van der Waals surface area contributed by atoms with Crippen molar-refractivity contribution in [2.45, 2.75) is 54.5 Å². The molecule has 41 heavy (non-hydrogen) atoms. The number of aromatic nitrogens is 1. The van der Waals surface area contributed by atoms with E-state index in [-0.39, 0.29) is 51.6 Å². The Morgan fingerprint density at radius 1 is 1.05 bits per heavy atom. The number of aliphatic hydroxyl groups excluding tert-OH is 1. The maximum Gasteiger partial charge on any atom is 0.433 e. The first-order valence-electron chi connectivity index (χ1n) is 12.2. The van der Waals surface area contributed by atoms with Crippen LogP contribution < -0.4 is 9.62 Å². The summed E-state index contributed by atoms with van der Waals surface area (Å²) in [5.41, 5.74) is -4.39. The van der Waals surface area contributed by atoms with Gasteiger partial charge in [-0.2, -0.15) is 26.3 Å². The van der Waals surface area contributed by atoms with E-state index in [1.54, 1.807) is 0 Å². The van der Waals surface area contributed by atoms with Crippen LogP contribution in [0.2, 0.25) is 0 Å². The predicted octanol–water partition coefficient (Wildman–Crippen LogP) is 6.27. The van der Waals surface area contributed by atoms with E-state index < -0.39 is 52.2 Å². The molecule has 3 aromatic rings. The Kier molecular flexibility index (Phi) is 6.54. The van der Waals surface area contributed by atoms with Gasteiger partial charge in [0, 0.05) is 18.1 Å². The SMILES string of the molecule is [C-]#[N+]C(C)(CO)c1ccc2c(c1)N(S(=O)(=O)c1ccc(C3(C(F)(F)F)CC3)cc1)Cc1ccc(C(F)(F)F)nc1N2. The van der Waals surface area contributed by atoms with Crippen LogP contribution in [0.4, 0.5) is 43.5 Å². The number of halogens is 6. The molecule has 1 saturated carbocycles. The highest BCUT2D eigenvalue weighted by Crippen LogP contribution is 2.59. The van der Waals surface area contributed by atoms with Crippen molar-refractivity contribution in [2.24, 2.45) is 0 Å². The summed E-state index contributed by atoms with van der Waals surface area (Å²) in [5, 5.41) is 12.6. The molecule has 1 aromatic heterocycles. The average Bonchev–Trinajstić information content (AvgIpc) is 3.75. The number of rotatable bonds is 5. The number of hydrogen-bond donors (Lipinski definition) is 2. The first kappa shape index (κ1) is 28.7. The maximum atomic E-state index is 14.0. The van der Waals surface area contributed by atoms with Crippen LogP contribution in [0.1, 0.15) is 42.1 Å². The van der Waals surface area contributed by atoms with E-state index in [2.05, 4.69) is 15.1 Å². The van der Waals surface area contributed by atoms with E-state index in [1.165, 1.54) is 25.1 Å². The molecule has 0 spiro atoms. The number of benzene rings is 2. The van der Waals surface area contributed by atoms with Crippen LogP contribution in [-0.4, -0.2) is 31.3 Å². The lowest BCUT2D eigenvalue weighted by molar-refractivity contribution is -0.160. The molecule has 2 heterocycles. The lowest BCUT2D eigenvalue weighted by atomic mass is 9.93. The second-order valence-electron chi connectivity index (χ2n) is 10.2. The summed E-state index contributed by atoms with van der Waals surface area (Å²) in [6.45, 7) is 7.87. The molecular formula is C27H22F6N4O3S. The number of fused-ring (bicyclic) bond motifs is 2. The Labute approximate surface area is 231 Å². The third kappa shape index (κ3) is 4.76. The lowest BCUT2D eigenvalue weighted by Crippen LogP contribution is -2.31. The van der Waals surface area contributed by atoms with Gasteiger partial charge in [0.1, 0.15) is 18.1 Å². The van der Waals surface area contributed by atoms with Crippen molar-refractivity contribution in [2.75, 3.05) is 16.2 Å². The highest BCUT2D eigenvalue weighted by atomic mass is 32.2. The molecule has 1 aliphatic heterocycles. The molecule has 14 heteroatoms.